The summed E-state index contributed by atoms with van der Waals surface area (Å²) < 4.78 is 11.8. The van der Waals surface area contributed by atoms with E-state index >= 15 is 0 Å². The molecular weight excluding hydrogens is 526 g/mol. The molecule has 1 heterocycles. The summed E-state index contributed by atoms with van der Waals surface area (Å²) in [6, 6.07) is 29.1. The lowest BCUT2D eigenvalue weighted by Gasteiger charge is -2.26. The lowest BCUT2D eigenvalue weighted by molar-refractivity contribution is -0.132. The zero-order chi connectivity index (χ0) is 29.8. The first-order valence-corrected chi connectivity index (χ1v) is 14.1. The Labute approximate surface area is 246 Å². The smallest absolute Gasteiger partial charge is 0.300 e. The Bertz CT molecular complexity index is 1620. The van der Waals surface area contributed by atoms with Crippen LogP contribution in [0, 0.1) is 19.8 Å². The van der Waals surface area contributed by atoms with Gasteiger partial charge in [-0.3, -0.25) is 14.5 Å². The van der Waals surface area contributed by atoms with Gasteiger partial charge in [0.15, 0.2) is 0 Å². The van der Waals surface area contributed by atoms with Crippen LogP contribution < -0.4 is 14.4 Å². The first-order chi connectivity index (χ1) is 20.2. The zero-order valence-electron chi connectivity index (χ0n) is 24.3. The number of anilines is 1. The number of aliphatic hydroxyl groups excluding tert-OH is 1. The van der Waals surface area contributed by atoms with Gasteiger partial charge in [-0.1, -0.05) is 74.0 Å². The van der Waals surface area contributed by atoms with Gasteiger partial charge in [-0.2, -0.15) is 0 Å². The number of ketones is 1. The van der Waals surface area contributed by atoms with Gasteiger partial charge in [-0.05, 0) is 78.9 Å². The molecule has 1 saturated heterocycles. The molecular formula is C36H35NO5. The minimum Gasteiger partial charge on any atom is -0.507 e. The van der Waals surface area contributed by atoms with Gasteiger partial charge in [0.05, 0.1) is 18.2 Å². The quantitative estimate of drug-likeness (QED) is 0.130. The fourth-order valence-corrected chi connectivity index (χ4v) is 5.07. The highest BCUT2D eigenvalue weighted by atomic mass is 16.5. The number of nitrogens with zero attached hydrogens (tertiary/aromatic N) is 1. The monoisotopic (exact) mass is 561 g/mol. The van der Waals surface area contributed by atoms with Crippen molar-refractivity contribution in [3.63, 3.8) is 0 Å². The van der Waals surface area contributed by atoms with E-state index in [0.717, 1.165) is 22.3 Å². The second-order valence-corrected chi connectivity index (χ2v) is 11.0. The number of hydrogen-bond acceptors (Lipinski definition) is 5. The lowest BCUT2D eigenvalue weighted by atomic mass is 9.94. The molecule has 5 rings (SSSR count). The van der Waals surface area contributed by atoms with Gasteiger partial charge in [-0.25, -0.2) is 0 Å². The zero-order valence-corrected chi connectivity index (χ0v) is 24.3. The normalized spacial score (nSPS) is 16.2. The third-order valence-electron chi connectivity index (χ3n) is 7.19. The van der Waals surface area contributed by atoms with Crippen LogP contribution >= 0.6 is 0 Å². The highest BCUT2D eigenvalue weighted by Gasteiger charge is 2.47. The molecule has 4 aromatic rings. The Morgan fingerprint density at radius 1 is 0.857 bits per heavy atom. The summed E-state index contributed by atoms with van der Waals surface area (Å²) in [6.07, 6.45) is 0. The van der Waals surface area contributed by atoms with Crippen molar-refractivity contribution in [3.05, 3.63) is 130 Å². The minimum atomic E-state index is -0.804. The molecule has 6 nitrogen and oxygen atoms in total. The molecule has 0 aliphatic carbocycles. The van der Waals surface area contributed by atoms with Gasteiger partial charge in [0.2, 0.25) is 0 Å². The summed E-state index contributed by atoms with van der Waals surface area (Å²) in [5.74, 6) is 0.0700. The second-order valence-electron chi connectivity index (χ2n) is 11.0. The van der Waals surface area contributed by atoms with Crippen molar-refractivity contribution in [1.29, 1.82) is 0 Å². The Balaban J connectivity index is 1.52. The molecule has 214 valence electrons. The first-order valence-electron chi connectivity index (χ1n) is 14.1. The summed E-state index contributed by atoms with van der Waals surface area (Å²) >= 11 is 0. The van der Waals surface area contributed by atoms with Gasteiger partial charge in [0.25, 0.3) is 11.7 Å². The summed E-state index contributed by atoms with van der Waals surface area (Å²) in [5.41, 5.74) is 4.58. The number of aryl methyl sites for hydroxylation is 2. The van der Waals surface area contributed by atoms with Crippen LogP contribution in [0.2, 0.25) is 0 Å². The van der Waals surface area contributed by atoms with Crippen molar-refractivity contribution < 1.29 is 24.2 Å². The van der Waals surface area contributed by atoms with Crippen LogP contribution in [-0.4, -0.2) is 23.4 Å². The van der Waals surface area contributed by atoms with Crippen molar-refractivity contribution in [1.82, 2.24) is 0 Å². The van der Waals surface area contributed by atoms with Gasteiger partial charge < -0.3 is 14.6 Å². The third kappa shape index (κ3) is 6.08. The molecule has 1 aliphatic rings. The van der Waals surface area contributed by atoms with E-state index in [1.165, 1.54) is 4.90 Å². The lowest BCUT2D eigenvalue weighted by Crippen LogP contribution is -2.29. The number of aliphatic hydroxyl groups is 1. The summed E-state index contributed by atoms with van der Waals surface area (Å²) in [6.45, 7) is 8.96. The Kier molecular flexibility index (Phi) is 8.43. The topological polar surface area (TPSA) is 76.1 Å². The molecule has 1 aliphatic heterocycles. The molecule has 1 N–H and O–H groups in total. The van der Waals surface area contributed by atoms with Crippen LogP contribution in [-0.2, 0) is 16.2 Å². The molecule has 1 atom stereocenters. The van der Waals surface area contributed by atoms with E-state index in [0.29, 0.717) is 41.9 Å². The molecule has 0 spiro atoms. The van der Waals surface area contributed by atoms with Crippen LogP contribution in [0.4, 0.5) is 5.69 Å². The molecule has 42 heavy (non-hydrogen) atoms. The maximum absolute atomic E-state index is 13.6. The minimum absolute atomic E-state index is 0.0445. The molecule has 1 unspecified atom stereocenters. The van der Waals surface area contributed by atoms with Crippen molar-refractivity contribution in [2.24, 2.45) is 5.92 Å². The molecule has 0 radical (unpaired) electrons. The standard InChI is InChI=1S/C36H35NO5/c1-23(2)21-41-30-16-14-29(15-17-30)37-33(27-12-8-9-24(3)19-27)32(35(39)36(37)40)34(38)28-13-18-31(25(4)20-28)42-22-26-10-6-5-7-11-26/h5-20,23,33,38H,21-22H2,1-4H3/b34-32-. The van der Waals surface area contributed by atoms with E-state index in [-0.39, 0.29) is 11.3 Å². The van der Waals surface area contributed by atoms with Crippen LogP contribution in [0.5, 0.6) is 11.5 Å². The number of amides is 1. The molecule has 4 aromatic carbocycles. The fraction of sp³-hybridized carbons (Fsp3) is 0.222. The number of carbonyl (C=O) groups excluding carboxylic acids is 2. The van der Waals surface area contributed by atoms with E-state index in [9.17, 15) is 14.7 Å². The molecule has 0 aromatic heterocycles. The SMILES string of the molecule is Cc1cccc(C2/C(=C(/O)c3ccc(OCc4ccccc4)c(C)c3)C(=O)C(=O)N2c2ccc(OCC(C)C)cc2)c1. The number of carbonyl (C=O) groups is 2. The predicted octanol–water partition coefficient (Wildman–Crippen LogP) is 7.54. The van der Waals surface area contributed by atoms with Crippen molar-refractivity contribution >= 4 is 23.1 Å². The van der Waals surface area contributed by atoms with Crippen LogP contribution in [0.25, 0.3) is 5.76 Å². The first kappa shape index (κ1) is 28.7. The number of ether oxygens (including phenoxy) is 2. The van der Waals surface area contributed by atoms with Gasteiger partial charge in [-0.15, -0.1) is 0 Å². The second kappa shape index (κ2) is 12.4. The van der Waals surface area contributed by atoms with Crippen LogP contribution in [0.1, 0.15) is 47.7 Å². The van der Waals surface area contributed by atoms with Crippen molar-refractivity contribution in [2.45, 2.75) is 40.3 Å². The molecule has 6 heteroatoms. The average molecular weight is 562 g/mol. The molecule has 0 saturated carbocycles. The number of rotatable bonds is 9. The Hall–Kier alpha value is -4.84. The maximum atomic E-state index is 13.6. The largest absolute Gasteiger partial charge is 0.507 e. The van der Waals surface area contributed by atoms with E-state index in [2.05, 4.69) is 13.8 Å². The van der Waals surface area contributed by atoms with Crippen molar-refractivity contribution in [3.8, 4) is 11.5 Å². The average Bonchev–Trinajstić information content (AvgIpc) is 3.25. The Morgan fingerprint density at radius 2 is 1.60 bits per heavy atom. The molecule has 1 fully saturated rings. The van der Waals surface area contributed by atoms with Gasteiger partial charge in [0, 0.05) is 11.3 Å². The van der Waals surface area contributed by atoms with E-state index < -0.39 is 17.7 Å². The maximum Gasteiger partial charge on any atom is 0.300 e. The summed E-state index contributed by atoms with van der Waals surface area (Å²) in [5, 5.41) is 11.6. The molecule has 0 bridgehead atoms. The third-order valence-corrected chi connectivity index (χ3v) is 7.19. The predicted molar refractivity (Wildman–Crippen MR) is 165 cm³/mol. The van der Waals surface area contributed by atoms with E-state index in [1.54, 1.807) is 42.5 Å². The Morgan fingerprint density at radius 3 is 2.26 bits per heavy atom. The highest BCUT2D eigenvalue weighted by Crippen LogP contribution is 2.43. The number of hydrogen-bond donors (Lipinski definition) is 1. The van der Waals surface area contributed by atoms with Crippen LogP contribution in [0.3, 0.4) is 0 Å². The molecule has 1 amide bonds. The number of Topliss-reactive ketones (excluding diaryl/α,β-unsaturated/α-hetero) is 1. The summed E-state index contributed by atoms with van der Waals surface area (Å²) in [4.78, 5) is 28.6. The van der Waals surface area contributed by atoms with Crippen LogP contribution in [0.15, 0.2) is 103 Å². The number of benzene rings is 4. The highest BCUT2D eigenvalue weighted by molar-refractivity contribution is 6.51. The van der Waals surface area contributed by atoms with E-state index in [1.807, 2.05) is 68.4 Å². The van der Waals surface area contributed by atoms with Gasteiger partial charge >= 0.3 is 0 Å². The van der Waals surface area contributed by atoms with E-state index in [4.69, 9.17) is 9.47 Å². The van der Waals surface area contributed by atoms with Gasteiger partial charge in [0.1, 0.15) is 23.9 Å². The van der Waals surface area contributed by atoms with Crippen molar-refractivity contribution in [2.75, 3.05) is 11.5 Å². The summed E-state index contributed by atoms with van der Waals surface area (Å²) in [7, 11) is 0. The fourth-order valence-electron chi connectivity index (χ4n) is 5.07.